The Morgan fingerprint density at radius 2 is 0.833 bits per heavy atom. The Hall–Kier alpha value is -8.92. The fourth-order valence-electron chi connectivity index (χ4n) is 7.39. The lowest BCUT2D eigenvalue weighted by Gasteiger charge is -2.13. The normalized spacial score (nSPS) is 11.7. The summed E-state index contributed by atoms with van der Waals surface area (Å²) in [6, 6.07) is 33.1. The molecule has 60 heavy (non-hydrogen) atoms. The summed E-state index contributed by atoms with van der Waals surface area (Å²) in [5.41, 5.74) is 7.47. The zero-order valence-electron chi connectivity index (χ0n) is 30.8. The third kappa shape index (κ3) is 6.71. The highest BCUT2D eigenvalue weighted by Crippen LogP contribution is 2.48. The van der Waals surface area contributed by atoms with Gasteiger partial charge in [-0.05, 0) is 120 Å². The van der Waals surface area contributed by atoms with Gasteiger partial charge in [0, 0.05) is 81.9 Å². The van der Waals surface area contributed by atoms with Crippen LogP contribution in [-0.2, 0) is 0 Å². The summed E-state index contributed by atoms with van der Waals surface area (Å²) >= 11 is 0. The Kier molecular flexibility index (Phi) is 8.90. The maximum atomic E-state index is 11.9. The minimum atomic E-state index is -0.515. The topological polar surface area (TPSA) is 219 Å². The highest BCUT2D eigenvalue weighted by molar-refractivity contribution is 6.11. The van der Waals surface area contributed by atoms with E-state index in [-0.39, 0.29) is 22.7 Å². The van der Waals surface area contributed by atoms with E-state index >= 15 is 0 Å². The van der Waals surface area contributed by atoms with Crippen molar-refractivity contribution in [3.05, 3.63) is 191 Å². The molecule has 0 saturated carbocycles. The summed E-state index contributed by atoms with van der Waals surface area (Å²) in [4.78, 5) is 58.9. The van der Waals surface area contributed by atoms with Crippen LogP contribution in [0.2, 0.25) is 0 Å². The highest BCUT2D eigenvalue weighted by atomic mass is 16.6. The zero-order chi connectivity index (χ0) is 41.7. The SMILES string of the molecule is O=[N+]([O-])c1ccc(-c2c(-c3ccc([N+](=O)[O-])cc3)c3c(-c4ccc([N+](=O)[O-])cc4)c4nc(cc5ccc(cc6nc(cc2n3-c2ccc([N+](=O)[O-])cc2)C=C6)[nH]5)C=C4)cc1. The van der Waals surface area contributed by atoms with Crippen LogP contribution in [0.3, 0.4) is 0 Å². The molecule has 7 aromatic rings. The molecule has 0 radical (unpaired) electrons. The van der Waals surface area contributed by atoms with Crippen molar-refractivity contribution < 1.29 is 19.7 Å². The van der Waals surface area contributed by atoms with E-state index in [9.17, 15) is 40.5 Å². The van der Waals surface area contributed by atoms with E-state index in [2.05, 4.69) is 4.98 Å². The second-order valence-electron chi connectivity index (χ2n) is 13.7. The van der Waals surface area contributed by atoms with Gasteiger partial charge in [-0.1, -0.05) is 0 Å². The highest BCUT2D eigenvalue weighted by Gasteiger charge is 2.27. The van der Waals surface area contributed by atoms with Crippen LogP contribution in [0.5, 0.6) is 0 Å². The smallest absolute Gasteiger partial charge is 0.269 e. The number of aromatic amines is 1. The lowest BCUT2D eigenvalue weighted by Crippen LogP contribution is -1.98. The van der Waals surface area contributed by atoms with Crippen LogP contribution in [-0.4, -0.2) is 39.2 Å². The molecule has 2 aliphatic rings. The molecule has 8 bridgehead atoms. The van der Waals surface area contributed by atoms with Gasteiger partial charge in [-0.15, -0.1) is 0 Å². The van der Waals surface area contributed by atoms with Gasteiger partial charge in [0.05, 0.1) is 53.5 Å². The van der Waals surface area contributed by atoms with Gasteiger partial charge in [0.2, 0.25) is 0 Å². The predicted molar refractivity (Wildman–Crippen MR) is 227 cm³/mol. The van der Waals surface area contributed by atoms with Crippen LogP contribution in [0.15, 0.2) is 127 Å². The number of nitrogens with zero attached hydrogens (tertiary/aromatic N) is 7. The van der Waals surface area contributed by atoms with E-state index < -0.39 is 19.7 Å². The van der Waals surface area contributed by atoms with Gasteiger partial charge in [-0.2, -0.15) is 0 Å². The van der Waals surface area contributed by atoms with Crippen molar-refractivity contribution in [2.75, 3.05) is 0 Å². The second-order valence-corrected chi connectivity index (χ2v) is 13.7. The number of non-ortho nitro benzene ring substituents is 4. The Morgan fingerprint density at radius 3 is 1.32 bits per heavy atom. The molecule has 16 nitrogen and oxygen atoms in total. The largest absolute Gasteiger partial charge is 0.355 e. The summed E-state index contributed by atoms with van der Waals surface area (Å²) in [5.74, 6) is 0. The third-order valence-electron chi connectivity index (χ3n) is 10.1. The molecule has 0 atom stereocenters. The molecule has 5 heterocycles. The van der Waals surface area contributed by atoms with Crippen LogP contribution in [0.4, 0.5) is 22.7 Å². The molecule has 9 rings (SSSR count). The summed E-state index contributed by atoms with van der Waals surface area (Å²) < 4.78 is 1.87. The molecule has 2 aliphatic heterocycles. The summed E-state index contributed by atoms with van der Waals surface area (Å²) in [5, 5.41) is 47.6. The van der Waals surface area contributed by atoms with Crippen molar-refractivity contribution in [3.63, 3.8) is 0 Å². The number of H-pyrrole nitrogens is 1. The van der Waals surface area contributed by atoms with Crippen molar-refractivity contribution in [2.45, 2.75) is 0 Å². The maximum Gasteiger partial charge on any atom is 0.269 e. The number of hydrogen-bond donors (Lipinski definition) is 1. The molecule has 0 amide bonds. The first-order valence-electron chi connectivity index (χ1n) is 18.2. The standard InChI is InChI=1S/C44H26N8O8/c53-49(54)35-12-1-26(2-13-35)41-39-22-11-32(47-39)24-31-8-7-29(45-31)23-30-9-10-33(46-30)25-40-42(27-3-14-36(15-4-27)50(55)56)43(28-5-16-37(17-6-28)51(57)58)44(41)48(40)34-18-20-38(21-19-34)52(59)60/h1-25,45H. The Balaban J connectivity index is 1.58. The fraction of sp³-hybridized carbons (Fsp3) is 0. The number of rotatable bonds is 8. The molecule has 4 aromatic carbocycles. The monoisotopic (exact) mass is 794 g/mol. The number of nitro benzene ring substituents is 4. The van der Waals surface area contributed by atoms with Gasteiger partial charge in [-0.3, -0.25) is 40.5 Å². The molecule has 0 fully saturated rings. The predicted octanol–water partition coefficient (Wildman–Crippen LogP) is 10.8. The van der Waals surface area contributed by atoms with Crippen molar-refractivity contribution in [3.8, 4) is 39.1 Å². The number of fused-ring (bicyclic) bond motifs is 8. The van der Waals surface area contributed by atoms with Gasteiger partial charge in [0.15, 0.2) is 0 Å². The van der Waals surface area contributed by atoms with E-state index in [1.54, 1.807) is 48.5 Å². The van der Waals surface area contributed by atoms with Crippen molar-refractivity contribution in [1.29, 1.82) is 0 Å². The average molecular weight is 795 g/mol. The van der Waals surface area contributed by atoms with Gasteiger partial charge >= 0.3 is 0 Å². The van der Waals surface area contributed by atoms with E-state index in [4.69, 9.17) is 9.97 Å². The maximum absolute atomic E-state index is 11.9. The van der Waals surface area contributed by atoms with Gasteiger partial charge in [-0.25, -0.2) is 9.97 Å². The van der Waals surface area contributed by atoms with E-state index in [0.717, 1.165) is 11.0 Å². The Morgan fingerprint density at radius 1 is 0.433 bits per heavy atom. The summed E-state index contributed by atoms with van der Waals surface area (Å²) in [6.45, 7) is 0. The Bertz CT molecular complexity index is 3190. The average Bonchev–Trinajstić information content (AvgIpc) is 4.06. The summed E-state index contributed by atoms with van der Waals surface area (Å²) in [6.07, 6.45) is 7.30. The minimum Gasteiger partial charge on any atom is -0.355 e. The van der Waals surface area contributed by atoms with E-state index in [0.29, 0.717) is 72.9 Å². The van der Waals surface area contributed by atoms with Gasteiger partial charge < -0.3 is 9.55 Å². The molecular weight excluding hydrogens is 769 g/mol. The van der Waals surface area contributed by atoms with Crippen LogP contribution in [0.1, 0.15) is 22.8 Å². The van der Waals surface area contributed by atoms with E-state index in [1.807, 2.05) is 59.2 Å². The molecule has 3 aromatic heterocycles. The number of nitro groups is 4. The fourth-order valence-corrected chi connectivity index (χ4v) is 7.39. The lowest BCUT2D eigenvalue weighted by molar-refractivity contribution is -0.385. The molecule has 1 N–H and O–H groups in total. The first-order chi connectivity index (χ1) is 29.0. The number of benzene rings is 4. The quantitative estimate of drug-likeness (QED) is 0.113. The van der Waals surface area contributed by atoms with Crippen molar-refractivity contribution in [1.82, 2.24) is 19.5 Å². The molecular formula is C44H26N8O8. The van der Waals surface area contributed by atoms with Crippen LogP contribution < -0.4 is 0 Å². The zero-order valence-corrected chi connectivity index (χ0v) is 30.8. The van der Waals surface area contributed by atoms with Crippen molar-refractivity contribution in [2.24, 2.45) is 0 Å². The van der Waals surface area contributed by atoms with Crippen LogP contribution in [0.25, 0.3) is 85.4 Å². The third-order valence-corrected chi connectivity index (χ3v) is 10.1. The molecule has 0 saturated heterocycles. The number of hydrogen-bond acceptors (Lipinski definition) is 10. The molecule has 16 heteroatoms. The molecule has 0 spiro atoms. The summed E-state index contributed by atoms with van der Waals surface area (Å²) in [7, 11) is 0. The lowest BCUT2D eigenvalue weighted by atomic mass is 9.92. The van der Waals surface area contributed by atoms with Gasteiger partial charge in [0.1, 0.15) is 0 Å². The van der Waals surface area contributed by atoms with Gasteiger partial charge in [0.25, 0.3) is 22.7 Å². The van der Waals surface area contributed by atoms with Crippen LogP contribution in [0, 0.1) is 40.5 Å². The Labute approximate surface area is 337 Å². The van der Waals surface area contributed by atoms with Crippen LogP contribution >= 0.6 is 0 Å². The molecule has 290 valence electrons. The molecule has 0 unspecified atom stereocenters. The van der Waals surface area contributed by atoms with E-state index in [1.165, 1.54) is 48.5 Å². The minimum absolute atomic E-state index is 0.156. The number of aromatic nitrogens is 4. The van der Waals surface area contributed by atoms with Crippen molar-refractivity contribution >= 4 is 69.1 Å². The first kappa shape index (κ1) is 36.7. The second kappa shape index (κ2) is 14.5. The number of nitrogens with one attached hydrogen (secondary N) is 1. The molecule has 0 aliphatic carbocycles. The first-order valence-corrected chi connectivity index (χ1v) is 18.2.